The molecule has 25 heavy (non-hydrogen) atoms. The smallest absolute Gasteiger partial charge is 0.332 e. The maximum Gasteiger partial charge on any atom is 0.332 e. The number of ether oxygens (including phenoxy) is 1. The number of carboxylic acid groups (broad SMARTS) is 1. The Morgan fingerprint density at radius 1 is 0.920 bits per heavy atom. The fraction of sp³-hybridized carbons (Fsp3) is 0.714. The first-order valence-electron chi connectivity index (χ1n) is 9.50. The summed E-state index contributed by atoms with van der Waals surface area (Å²) in [4.78, 5) is 20.7. The van der Waals surface area contributed by atoms with Crippen molar-refractivity contribution in [1.29, 1.82) is 0 Å². The maximum atomic E-state index is 10.5. The van der Waals surface area contributed by atoms with Crippen LogP contribution >= 0.6 is 0 Å². The average molecular weight is 355 g/mol. The fourth-order valence-corrected chi connectivity index (χ4v) is 2.21. The van der Waals surface area contributed by atoms with E-state index in [9.17, 15) is 9.59 Å². The van der Waals surface area contributed by atoms with E-state index in [-0.39, 0.29) is 5.97 Å². The zero-order valence-electron chi connectivity index (χ0n) is 16.7. The largest absolute Gasteiger partial charge is 0.478 e. The lowest BCUT2D eigenvalue weighted by Gasteiger charge is -2.01. The first kappa shape index (κ1) is 25.7. The number of rotatable bonds is 13. The van der Waals surface area contributed by atoms with Crippen molar-refractivity contribution < 1.29 is 19.4 Å². The van der Waals surface area contributed by atoms with Crippen LogP contribution < -0.4 is 0 Å². The number of carbonyl (C=O) groups is 2. The summed E-state index contributed by atoms with van der Waals surface area (Å²) in [5.74, 6) is -1.14. The molecule has 0 saturated heterocycles. The van der Waals surface area contributed by atoms with Crippen molar-refractivity contribution in [1.82, 2.24) is 0 Å². The lowest BCUT2D eigenvalue weighted by Crippen LogP contribution is -1.98. The van der Waals surface area contributed by atoms with Crippen LogP contribution in [0, 0.1) is 0 Å². The van der Waals surface area contributed by atoms with Crippen molar-refractivity contribution in [3.05, 3.63) is 23.8 Å². The van der Waals surface area contributed by atoms with E-state index in [0.29, 0.717) is 11.1 Å². The van der Waals surface area contributed by atoms with Crippen LogP contribution in [0.4, 0.5) is 0 Å². The number of hydrogen-bond donors (Lipinski definition) is 1. The Kier molecular flexibility index (Phi) is 19.2. The first-order chi connectivity index (χ1) is 11.9. The number of carboxylic acids is 1. The van der Waals surface area contributed by atoms with Crippen molar-refractivity contribution in [3.63, 3.8) is 0 Å². The van der Waals surface area contributed by atoms with Gasteiger partial charge in [0.1, 0.15) is 0 Å². The van der Waals surface area contributed by atoms with Gasteiger partial charge < -0.3 is 9.84 Å². The summed E-state index contributed by atoms with van der Waals surface area (Å²) < 4.78 is 4.27. The summed E-state index contributed by atoms with van der Waals surface area (Å²) >= 11 is 0. The van der Waals surface area contributed by atoms with E-state index in [4.69, 9.17) is 5.11 Å². The molecular formula is C21H38O4. The summed E-state index contributed by atoms with van der Waals surface area (Å²) in [7, 11) is 1.33. The average Bonchev–Trinajstić information content (AvgIpc) is 2.59. The van der Waals surface area contributed by atoms with E-state index < -0.39 is 5.97 Å². The number of methoxy groups -OCH3 is 1. The van der Waals surface area contributed by atoms with Crippen LogP contribution in [0.15, 0.2) is 23.8 Å². The molecule has 0 radical (unpaired) electrons. The van der Waals surface area contributed by atoms with Gasteiger partial charge in [0.15, 0.2) is 0 Å². The van der Waals surface area contributed by atoms with Crippen LogP contribution in [-0.2, 0) is 14.3 Å². The summed E-state index contributed by atoms with van der Waals surface area (Å²) in [6, 6.07) is 0. The highest BCUT2D eigenvalue weighted by Gasteiger charge is 1.98. The van der Waals surface area contributed by atoms with Crippen LogP contribution in [0.5, 0.6) is 0 Å². The Hall–Kier alpha value is -1.58. The van der Waals surface area contributed by atoms with E-state index in [1.165, 1.54) is 64.9 Å². The van der Waals surface area contributed by atoms with Crippen LogP contribution in [0.3, 0.4) is 0 Å². The SMILES string of the molecule is C=C(C)C(=O)OC.CCCCCCCCCCCCC=C(C)C(=O)O. The van der Waals surface area contributed by atoms with Crippen LogP contribution in [0.2, 0.25) is 0 Å². The van der Waals surface area contributed by atoms with Crippen LogP contribution in [-0.4, -0.2) is 24.2 Å². The topological polar surface area (TPSA) is 63.6 Å². The van der Waals surface area contributed by atoms with E-state index >= 15 is 0 Å². The van der Waals surface area contributed by atoms with Crippen molar-refractivity contribution in [2.45, 2.75) is 91.4 Å². The molecule has 146 valence electrons. The van der Waals surface area contributed by atoms with Crippen molar-refractivity contribution in [2.24, 2.45) is 0 Å². The number of aliphatic carboxylic acids is 1. The van der Waals surface area contributed by atoms with Gasteiger partial charge in [-0.25, -0.2) is 9.59 Å². The number of unbranched alkanes of at least 4 members (excludes halogenated alkanes) is 10. The third-order valence-electron chi connectivity index (χ3n) is 3.88. The molecular weight excluding hydrogens is 316 g/mol. The highest BCUT2D eigenvalue weighted by atomic mass is 16.5. The van der Waals surface area contributed by atoms with Crippen molar-refractivity contribution in [3.8, 4) is 0 Å². The quantitative estimate of drug-likeness (QED) is 0.248. The zero-order valence-corrected chi connectivity index (χ0v) is 16.7. The Bertz CT molecular complexity index is 397. The Balaban J connectivity index is 0. The second-order valence-electron chi connectivity index (χ2n) is 6.43. The number of esters is 1. The van der Waals surface area contributed by atoms with E-state index in [2.05, 4.69) is 18.2 Å². The lowest BCUT2D eigenvalue weighted by atomic mass is 10.1. The van der Waals surface area contributed by atoms with Gasteiger partial charge in [0.25, 0.3) is 0 Å². The number of allylic oxidation sites excluding steroid dienone is 1. The second-order valence-corrected chi connectivity index (χ2v) is 6.43. The Labute approximate surface area is 154 Å². The molecule has 0 aromatic carbocycles. The molecule has 4 nitrogen and oxygen atoms in total. The van der Waals surface area contributed by atoms with Gasteiger partial charge in [0, 0.05) is 11.1 Å². The van der Waals surface area contributed by atoms with Gasteiger partial charge in [-0.2, -0.15) is 0 Å². The van der Waals surface area contributed by atoms with E-state index in [1.54, 1.807) is 13.8 Å². The standard InChI is InChI=1S/C16H30O2.C5H8O2/c1-3-4-5-6-7-8-9-10-11-12-13-14-15(2)16(17)18;1-4(2)5(6)7-3/h14H,3-13H2,1-2H3,(H,17,18);1H2,2-3H3. The maximum absolute atomic E-state index is 10.5. The molecule has 0 aromatic heterocycles. The predicted molar refractivity (Wildman–Crippen MR) is 105 cm³/mol. The van der Waals surface area contributed by atoms with Gasteiger partial charge in [-0.05, 0) is 26.7 Å². The molecule has 0 bridgehead atoms. The van der Waals surface area contributed by atoms with E-state index in [0.717, 1.165) is 12.8 Å². The zero-order chi connectivity index (χ0) is 19.5. The van der Waals surface area contributed by atoms with Crippen LogP contribution in [0.1, 0.15) is 91.4 Å². The van der Waals surface area contributed by atoms with Gasteiger partial charge >= 0.3 is 11.9 Å². The molecule has 0 heterocycles. The molecule has 0 spiro atoms. The molecule has 0 aromatic rings. The molecule has 0 fully saturated rings. The van der Waals surface area contributed by atoms with Gasteiger partial charge in [-0.15, -0.1) is 0 Å². The summed E-state index contributed by atoms with van der Waals surface area (Å²) in [5, 5.41) is 8.68. The molecule has 0 aliphatic heterocycles. The lowest BCUT2D eigenvalue weighted by molar-refractivity contribution is -0.136. The molecule has 0 rings (SSSR count). The minimum Gasteiger partial charge on any atom is -0.478 e. The third kappa shape index (κ3) is 20.4. The monoisotopic (exact) mass is 354 g/mol. The van der Waals surface area contributed by atoms with Crippen molar-refractivity contribution >= 4 is 11.9 Å². The second kappa shape index (κ2) is 18.8. The molecule has 0 saturated carbocycles. The minimum atomic E-state index is -0.790. The highest BCUT2D eigenvalue weighted by molar-refractivity contribution is 5.86. The minimum absolute atomic E-state index is 0.347. The van der Waals surface area contributed by atoms with Gasteiger partial charge in [-0.3, -0.25) is 0 Å². The molecule has 0 aliphatic carbocycles. The van der Waals surface area contributed by atoms with Gasteiger partial charge in [-0.1, -0.05) is 77.4 Å². The molecule has 0 aliphatic rings. The summed E-state index contributed by atoms with van der Waals surface area (Å²) in [6.07, 6.45) is 16.0. The summed E-state index contributed by atoms with van der Waals surface area (Å²) in [6.45, 7) is 8.87. The van der Waals surface area contributed by atoms with E-state index in [1.807, 2.05) is 6.08 Å². The fourth-order valence-electron chi connectivity index (χ4n) is 2.21. The number of carbonyl (C=O) groups excluding carboxylic acids is 1. The molecule has 1 N–H and O–H groups in total. The normalized spacial score (nSPS) is 10.6. The third-order valence-corrected chi connectivity index (χ3v) is 3.88. The van der Waals surface area contributed by atoms with Gasteiger partial charge in [0.05, 0.1) is 7.11 Å². The predicted octanol–water partition coefficient (Wildman–Crippen LogP) is 6.06. The summed E-state index contributed by atoms with van der Waals surface area (Å²) in [5.41, 5.74) is 0.911. The molecule has 0 amide bonds. The molecule has 0 unspecified atom stereocenters. The van der Waals surface area contributed by atoms with Crippen molar-refractivity contribution in [2.75, 3.05) is 7.11 Å². The Morgan fingerprint density at radius 3 is 1.68 bits per heavy atom. The Morgan fingerprint density at radius 2 is 1.36 bits per heavy atom. The first-order valence-corrected chi connectivity index (χ1v) is 9.50. The molecule has 0 atom stereocenters. The van der Waals surface area contributed by atoms with Gasteiger partial charge in [0.2, 0.25) is 0 Å². The number of hydrogen-bond acceptors (Lipinski definition) is 3. The highest BCUT2D eigenvalue weighted by Crippen LogP contribution is 2.11. The molecule has 4 heteroatoms. The van der Waals surface area contributed by atoms with Crippen LogP contribution in [0.25, 0.3) is 0 Å².